The number of ether oxygens (including phenoxy) is 2. The molecule has 0 radical (unpaired) electrons. The van der Waals surface area contributed by atoms with Crippen LogP contribution in [-0.2, 0) is 14.3 Å². The molecule has 0 fully saturated rings. The number of hydrogen-bond acceptors (Lipinski definition) is 6. The summed E-state index contributed by atoms with van der Waals surface area (Å²) >= 11 is 0. The van der Waals surface area contributed by atoms with Crippen molar-refractivity contribution in [3.05, 3.63) is 47.2 Å². The number of nitriles is 1. The fourth-order valence-corrected chi connectivity index (χ4v) is 1.54. The zero-order chi connectivity index (χ0) is 16.5. The molecule has 0 heterocycles. The number of esters is 1. The Hall–Kier alpha value is -3.07. The van der Waals surface area contributed by atoms with Gasteiger partial charge in [-0.2, -0.15) is 5.26 Å². The fourth-order valence-electron chi connectivity index (χ4n) is 1.54. The van der Waals surface area contributed by atoms with Gasteiger partial charge in [-0.15, -0.1) is 0 Å². The van der Waals surface area contributed by atoms with Crippen molar-refractivity contribution >= 4 is 17.8 Å². The normalized spacial score (nSPS) is 11.5. The van der Waals surface area contributed by atoms with Crippen LogP contribution in [0.3, 0.4) is 0 Å². The molecule has 1 rings (SSSR count). The van der Waals surface area contributed by atoms with Gasteiger partial charge in [-0.1, -0.05) is 12.1 Å². The van der Waals surface area contributed by atoms with E-state index in [0.717, 1.165) is 5.56 Å². The van der Waals surface area contributed by atoms with Gasteiger partial charge in [0.15, 0.2) is 6.61 Å². The van der Waals surface area contributed by atoms with Crippen molar-refractivity contribution in [1.82, 2.24) is 0 Å². The van der Waals surface area contributed by atoms with Crippen LogP contribution in [0.2, 0.25) is 0 Å². The molecule has 0 atom stereocenters. The molecule has 2 N–H and O–H groups in total. The first-order valence-electron chi connectivity index (χ1n) is 6.36. The fraction of sp³-hybridized carbons (Fsp3) is 0.188. The van der Waals surface area contributed by atoms with E-state index in [1.807, 2.05) is 0 Å². The van der Waals surface area contributed by atoms with Crippen LogP contribution < -0.4 is 10.5 Å². The van der Waals surface area contributed by atoms with Gasteiger partial charge < -0.3 is 15.2 Å². The third-order valence-electron chi connectivity index (χ3n) is 2.64. The molecule has 0 unspecified atom stereocenters. The Morgan fingerprint density at radius 1 is 1.41 bits per heavy atom. The lowest BCUT2D eigenvalue weighted by atomic mass is 10.1. The average Bonchev–Trinajstić information content (AvgIpc) is 2.51. The molecule has 0 aliphatic rings. The van der Waals surface area contributed by atoms with E-state index >= 15 is 0 Å². The van der Waals surface area contributed by atoms with E-state index in [1.165, 1.54) is 19.1 Å². The summed E-state index contributed by atoms with van der Waals surface area (Å²) in [6.07, 6.45) is 2.72. The molecular weight excluding hydrogens is 284 g/mol. The molecule has 0 aliphatic carbocycles. The zero-order valence-electron chi connectivity index (χ0n) is 12.3. The quantitative estimate of drug-likeness (QED) is 0.486. The number of ketones is 1. The highest BCUT2D eigenvalue weighted by molar-refractivity contribution is 6.01. The average molecular weight is 300 g/mol. The molecule has 6 heteroatoms. The Morgan fingerprint density at radius 3 is 2.73 bits per heavy atom. The Labute approximate surface area is 128 Å². The number of hydrogen-bond donors (Lipinski definition) is 1. The van der Waals surface area contributed by atoms with Crippen molar-refractivity contribution < 1.29 is 19.1 Å². The largest absolute Gasteiger partial charge is 0.497 e. The maximum absolute atomic E-state index is 11.6. The minimum atomic E-state index is -0.692. The van der Waals surface area contributed by atoms with Gasteiger partial charge in [-0.05, 0) is 30.7 Å². The molecular formula is C16H16N2O4. The van der Waals surface area contributed by atoms with E-state index in [9.17, 15) is 9.59 Å². The summed E-state index contributed by atoms with van der Waals surface area (Å²) in [4.78, 5) is 23.1. The van der Waals surface area contributed by atoms with Crippen LogP contribution >= 0.6 is 0 Å². The summed E-state index contributed by atoms with van der Waals surface area (Å²) in [6, 6.07) is 8.76. The molecule has 1 aromatic carbocycles. The van der Waals surface area contributed by atoms with E-state index < -0.39 is 18.4 Å². The van der Waals surface area contributed by atoms with E-state index in [2.05, 4.69) is 0 Å². The van der Waals surface area contributed by atoms with E-state index in [-0.39, 0.29) is 11.3 Å². The second-order valence-corrected chi connectivity index (χ2v) is 4.31. The highest BCUT2D eigenvalue weighted by Crippen LogP contribution is 2.13. The number of Topliss-reactive ketones (excluding diaryl/α,β-unsaturated/α-hetero) is 1. The molecule has 0 amide bonds. The molecule has 1 aromatic rings. The van der Waals surface area contributed by atoms with Crippen LogP contribution in [0.25, 0.3) is 6.08 Å². The van der Waals surface area contributed by atoms with Gasteiger partial charge in [0.2, 0.25) is 5.78 Å². The van der Waals surface area contributed by atoms with Gasteiger partial charge in [0.05, 0.1) is 7.11 Å². The second-order valence-electron chi connectivity index (χ2n) is 4.31. The van der Waals surface area contributed by atoms with Gasteiger partial charge in [0.1, 0.15) is 17.4 Å². The van der Waals surface area contributed by atoms with Crippen molar-refractivity contribution in [2.45, 2.75) is 6.92 Å². The number of methoxy groups -OCH3 is 1. The lowest BCUT2D eigenvalue weighted by Crippen LogP contribution is -2.16. The Bertz CT molecular complexity index is 665. The predicted octanol–water partition coefficient (Wildman–Crippen LogP) is 1.58. The maximum Gasteiger partial charge on any atom is 0.331 e. The van der Waals surface area contributed by atoms with Crippen molar-refractivity contribution in [1.29, 1.82) is 5.26 Å². The third-order valence-corrected chi connectivity index (χ3v) is 2.64. The number of rotatable bonds is 6. The second kappa shape index (κ2) is 8.27. The highest BCUT2D eigenvalue weighted by atomic mass is 16.5. The van der Waals surface area contributed by atoms with E-state index in [4.69, 9.17) is 20.5 Å². The van der Waals surface area contributed by atoms with E-state index in [0.29, 0.717) is 5.75 Å². The number of nitrogens with two attached hydrogens (primary N) is 1. The first-order chi connectivity index (χ1) is 10.5. The Morgan fingerprint density at radius 2 is 2.14 bits per heavy atom. The van der Waals surface area contributed by atoms with Gasteiger partial charge >= 0.3 is 5.97 Å². The number of carbonyl (C=O) groups excluding carboxylic acids is 2. The van der Waals surface area contributed by atoms with Crippen molar-refractivity contribution in [3.8, 4) is 11.8 Å². The number of nitrogens with zero attached hydrogens (tertiary/aromatic N) is 1. The monoisotopic (exact) mass is 300 g/mol. The zero-order valence-corrected chi connectivity index (χ0v) is 12.3. The molecule has 22 heavy (non-hydrogen) atoms. The summed E-state index contributed by atoms with van der Waals surface area (Å²) < 4.78 is 9.83. The molecule has 114 valence electrons. The Kier molecular flexibility index (Phi) is 6.38. The maximum atomic E-state index is 11.6. The number of carbonyl (C=O) groups is 2. The smallest absolute Gasteiger partial charge is 0.331 e. The molecule has 0 aliphatic heterocycles. The van der Waals surface area contributed by atoms with E-state index in [1.54, 1.807) is 37.4 Å². The lowest BCUT2D eigenvalue weighted by Gasteiger charge is -2.02. The summed E-state index contributed by atoms with van der Waals surface area (Å²) in [7, 11) is 1.54. The first kappa shape index (κ1) is 17.0. The molecule has 0 saturated heterocycles. The van der Waals surface area contributed by atoms with Crippen LogP contribution in [0.1, 0.15) is 12.5 Å². The van der Waals surface area contributed by atoms with Gasteiger partial charge in [0, 0.05) is 11.8 Å². The minimum absolute atomic E-state index is 0.0930. The SMILES string of the molecule is COc1cccc(/C=C/C(=O)OCC(=O)/C(C#N)=C(\C)N)c1. The van der Waals surface area contributed by atoms with Crippen molar-refractivity contribution in [2.75, 3.05) is 13.7 Å². The molecule has 0 spiro atoms. The molecule has 0 aromatic heterocycles. The van der Waals surface area contributed by atoms with Crippen molar-refractivity contribution in [3.63, 3.8) is 0 Å². The summed E-state index contributed by atoms with van der Waals surface area (Å²) in [6.45, 7) is 0.902. The van der Waals surface area contributed by atoms with Crippen LogP contribution in [-0.4, -0.2) is 25.5 Å². The standard InChI is InChI=1S/C16H16N2O4/c1-11(18)14(9-17)15(19)10-22-16(20)7-6-12-4-3-5-13(8-12)21-2/h3-8H,10,18H2,1-2H3/b7-6+,14-11+. The summed E-state index contributed by atoms with van der Waals surface area (Å²) in [5, 5.41) is 8.76. The Balaban J connectivity index is 2.60. The van der Waals surface area contributed by atoms with Crippen LogP contribution in [0, 0.1) is 11.3 Å². The van der Waals surface area contributed by atoms with Crippen molar-refractivity contribution in [2.24, 2.45) is 5.73 Å². The molecule has 0 saturated carbocycles. The highest BCUT2D eigenvalue weighted by Gasteiger charge is 2.13. The third kappa shape index (κ3) is 5.13. The van der Waals surface area contributed by atoms with Crippen LogP contribution in [0.15, 0.2) is 41.6 Å². The minimum Gasteiger partial charge on any atom is -0.497 e. The van der Waals surface area contributed by atoms with Gasteiger partial charge in [-0.25, -0.2) is 4.79 Å². The summed E-state index contributed by atoms with van der Waals surface area (Å²) in [5.74, 6) is -0.665. The molecule has 0 bridgehead atoms. The predicted molar refractivity (Wildman–Crippen MR) is 80.5 cm³/mol. The number of allylic oxidation sites excluding steroid dienone is 1. The van der Waals surface area contributed by atoms with Gasteiger partial charge in [-0.3, -0.25) is 4.79 Å². The number of benzene rings is 1. The van der Waals surface area contributed by atoms with Gasteiger partial charge in [0.25, 0.3) is 0 Å². The van der Waals surface area contributed by atoms with Crippen LogP contribution in [0.5, 0.6) is 5.75 Å². The first-order valence-corrected chi connectivity index (χ1v) is 6.36. The molecule has 6 nitrogen and oxygen atoms in total. The topological polar surface area (TPSA) is 102 Å². The van der Waals surface area contributed by atoms with Crippen LogP contribution in [0.4, 0.5) is 0 Å². The summed E-state index contributed by atoms with van der Waals surface area (Å²) in [5.41, 5.74) is 6.02. The lowest BCUT2D eigenvalue weighted by molar-refractivity contribution is -0.141.